The summed E-state index contributed by atoms with van der Waals surface area (Å²) in [4.78, 5) is 0. The van der Waals surface area contributed by atoms with Crippen molar-refractivity contribution < 1.29 is 9.84 Å². The van der Waals surface area contributed by atoms with Crippen LogP contribution in [0.1, 0.15) is 271 Å². The first-order valence-corrected chi connectivity index (χ1v) is 30.1. The van der Waals surface area contributed by atoms with Crippen LogP contribution in [0.15, 0.2) is 121 Å². The molecule has 0 aliphatic heterocycles. The molecule has 6 aromatic carbocycles. The number of ether oxygens (including phenoxy) is 1. The molecule has 426 valence electrons. The van der Waals surface area contributed by atoms with Gasteiger partial charge in [0, 0.05) is 10.0 Å². The molecule has 2 aliphatic carbocycles. The topological polar surface area (TPSA) is 29.5 Å². The van der Waals surface area contributed by atoms with Crippen molar-refractivity contribution in [2.75, 3.05) is 0 Å². The zero-order valence-electron chi connectivity index (χ0n) is 52.9. The highest BCUT2D eigenvalue weighted by atomic mass is 35.5. The van der Waals surface area contributed by atoms with Crippen LogP contribution in [-0.4, -0.2) is 11.2 Å². The molecular formula is C74H104Cl2O2. The summed E-state index contributed by atoms with van der Waals surface area (Å²) in [5, 5.41) is 11.5. The van der Waals surface area contributed by atoms with Crippen molar-refractivity contribution in [2.45, 2.75) is 237 Å². The lowest BCUT2D eigenvalue weighted by molar-refractivity contribution is 0.0785. The average Bonchev–Trinajstić information content (AvgIpc) is 3.90. The average molecular weight is 1100 g/mol. The summed E-state index contributed by atoms with van der Waals surface area (Å²) in [5.41, 5.74) is 20.0. The Morgan fingerprint density at radius 1 is 0.487 bits per heavy atom. The fourth-order valence-corrected chi connectivity index (χ4v) is 9.75. The summed E-state index contributed by atoms with van der Waals surface area (Å²) in [7, 11) is 0. The highest BCUT2D eigenvalue weighted by molar-refractivity contribution is 6.31. The number of fused-ring (bicyclic) bond motifs is 2. The van der Waals surface area contributed by atoms with Gasteiger partial charge in [-0.25, -0.2) is 0 Å². The van der Waals surface area contributed by atoms with Crippen molar-refractivity contribution in [3.63, 3.8) is 0 Å². The minimum Gasteiger partial charge on any atom is -0.491 e. The largest absolute Gasteiger partial charge is 0.491 e. The molecule has 0 bridgehead atoms. The molecule has 0 atom stereocenters. The molecule has 0 saturated carbocycles. The number of aryl methyl sites for hydroxylation is 3. The van der Waals surface area contributed by atoms with E-state index < -0.39 is 5.60 Å². The normalized spacial score (nSPS) is 13.2. The highest BCUT2D eigenvalue weighted by Crippen LogP contribution is 2.40. The number of hydrogen-bond donors (Lipinski definition) is 1. The van der Waals surface area contributed by atoms with Crippen LogP contribution in [0.3, 0.4) is 0 Å². The lowest BCUT2D eigenvalue weighted by Crippen LogP contribution is -2.15. The molecule has 78 heavy (non-hydrogen) atoms. The summed E-state index contributed by atoms with van der Waals surface area (Å²) >= 11 is 12.0. The van der Waals surface area contributed by atoms with E-state index in [4.69, 9.17) is 27.9 Å². The lowest BCUT2D eigenvalue weighted by atomic mass is 9.85. The molecule has 0 aromatic heterocycles. The van der Waals surface area contributed by atoms with Gasteiger partial charge in [-0.15, -0.1) is 0 Å². The van der Waals surface area contributed by atoms with Crippen molar-refractivity contribution in [3.05, 3.63) is 209 Å². The highest BCUT2D eigenvalue weighted by Gasteiger charge is 2.29. The Morgan fingerprint density at radius 2 is 0.949 bits per heavy atom. The van der Waals surface area contributed by atoms with E-state index in [9.17, 15) is 5.11 Å². The van der Waals surface area contributed by atoms with Gasteiger partial charge < -0.3 is 9.84 Å². The summed E-state index contributed by atoms with van der Waals surface area (Å²) in [6, 6.07) is 41.2. The van der Waals surface area contributed by atoms with Gasteiger partial charge in [-0.3, -0.25) is 0 Å². The third-order valence-corrected chi connectivity index (χ3v) is 15.8. The number of allylic oxidation sites excluding steroid dienone is 2. The zero-order valence-corrected chi connectivity index (χ0v) is 54.4. The van der Waals surface area contributed by atoms with Gasteiger partial charge in [0.25, 0.3) is 0 Å². The quantitative estimate of drug-likeness (QED) is 0.148. The zero-order chi connectivity index (χ0) is 59.0. The fraction of sp³-hybridized carbons (Fsp3) is 0.486. The standard InChI is InChI=1S/C14H20.C13H20O.C13H16.C12H17ClO.C12H18.C10H13Cl/c1-10(2)12-6-5-11-7-8-14(3,4)13(11)9-12;1-9(2)12-7-6-11(5)13(8-12)14-10(3)4;1-9(2)12-7-6-11-5-4-10(3)13(11)8-12;1-8(2)10-7-9(12(3,4)14)5-6-11(10)13;1-9(2)11-6-5-7-12(8-11)10(3)4;1-7(2)9-5-4-8(3)10(11)6-9/h5-6,9-10H,7-8H2,1-4H3;6-10H,1-5H3;4,6-9H,5H2,1-3H3;5-8,14H,1-4H3;5-10H,1-4H3;4-7H,1-3H3. The van der Waals surface area contributed by atoms with Crippen LogP contribution in [0.25, 0.3) is 5.57 Å². The summed E-state index contributed by atoms with van der Waals surface area (Å²) in [6.07, 6.45) is 6.26. The Labute approximate surface area is 487 Å². The second kappa shape index (κ2) is 30.8. The summed E-state index contributed by atoms with van der Waals surface area (Å²) in [6.45, 7) is 49.6. The first-order chi connectivity index (χ1) is 36.2. The van der Waals surface area contributed by atoms with Crippen molar-refractivity contribution >= 4 is 28.8 Å². The SMILES string of the molecule is CC(C)c1cc(C(C)(C)O)ccc1Cl.CC(C)c1ccc2c(c1)C(C)(C)CC2.CC(C)c1cccc(C(C)C)c1.CC1=CCc2ccc(C(C)C)cc21.Cc1ccc(C(C)C)cc1Cl.Cc1ccc(C(C)C)cc1OC(C)C. The third kappa shape index (κ3) is 21.1. The Bertz CT molecular complexity index is 2800. The first-order valence-electron chi connectivity index (χ1n) is 29.3. The molecule has 6 aromatic rings. The Morgan fingerprint density at radius 3 is 1.44 bits per heavy atom. The molecule has 0 saturated heterocycles. The Balaban J connectivity index is 0.000000247. The number of hydrogen-bond acceptors (Lipinski definition) is 2. The van der Waals surface area contributed by atoms with Crippen molar-refractivity contribution in [1.29, 1.82) is 0 Å². The van der Waals surface area contributed by atoms with Crippen LogP contribution < -0.4 is 4.74 Å². The monoisotopic (exact) mass is 1090 g/mol. The second-order valence-electron chi connectivity index (χ2n) is 25.6. The molecule has 2 aliphatic rings. The van der Waals surface area contributed by atoms with Gasteiger partial charge in [0.1, 0.15) is 5.75 Å². The van der Waals surface area contributed by atoms with Crippen LogP contribution in [0, 0.1) is 13.8 Å². The van der Waals surface area contributed by atoms with E-state index in [2.05, 4.69) is 236 Å². The maximum absolute atomic E-state index is 9.84. The van der Waals surface area contributed by atoms with Crippen molar-refractivity contribution in [3.8, 4) is 5.75 Å². The van der Waals surface area contributed by atoms with Crippen LogP contribution in [-0.2, 0) is 23.9 Å². The van der Waals surface area contributed by atoms with Gasteiger partial charge in [0.15, 0.2) is 0 Å². The van der Waals surface area contributed by atoms with Gasteiger partial charge in [0.05, 0.1) is 11.7 Å². The minimum absolute atomic E-state index is 0.246. The second-order valence-corrected chi connectivity index (χ2v) is 26.4. The van der Waals surface area contributed by atoms with E-state index in [1.54, 1.807) is 25.0 Å². The van der Waals surface area contributed by atoms with E-state index in [0.717, 1.165) is 38.9 Å². The number of aliphatic hydroxyl groups is 1. The molecule has 8 rings (SSSR count). The first kappa shape index (κ1) is 67.7. The number of rotatable bonds is 10. The van der Waals surface area contributed by atoms with E-state index in [-0.39, 0.29) is 6.10 Å². The predicted octanol–water partition coefficient (Wildman–Crippen LogP) is 23.1. The lowest BCUT2D eigenvalue weighted by Gasteiger charge is -2.20. The van der Waals surface area contributed by atoms with Crippen molar-refractivity contribution in [2.24, 2.45) is 0 Å². The molecule has 0 spiro atoms. The molecule has 2 nitrogen and oxygen atoms in total. The minimum atomic E-state index is -0.797. The smallest absolute Gasteiger partial charge is 0.122 e. The summed E-state index contributed by atoms with van der Waals surface area (Å²) < 4.78 is 5.74. The fourth-order valence-electron chi connectivity index (χ4n) is 9.22. The van der Waals surface area contributed by atoms with Gasteiger partial charge >= 0.3 is 0 Å². The molecular weight excluding hydrogens is 992 g/mol. The number of benzene rings is 6. The Hall–Kier alpha value is -4.60. The van der Waals surface area contributed by atoms with E-state index >= 15 is 0 Å². The van der Waals surface area contributed by atoms with Crippen LogP contribution >= 0.6 is 23.2 Å². The van der Waals surface area contributed by atoms with Crippen LogP contribution in [0.2, 0.25) is 10.0 Å². The molecule has 4 heteroatoms. The number of halogens is 2. The maximum atomic E-state index is 9.84. The van der Waals surface area contributed by atoms with E-state index in [0.29, 0.717) is 46.8 Å². The van der Waals surface area contributed by atoms with E-state index in [1.807, 2.05) is 31.2 Å². The van der Waals surface area contributed by atoms with Gasteiger partial charge in [-0.1, -0.05) is 237 Å². The van der Waals surface area contributed by atoms with Gasteiger partial charge in [-0.05, 0) is 216 Å². The molecule has 0 radical (unpaired) electrons. The third-order valence-electron chi connectivity index (χ3n) is 15.1. The van der Waals surface area contributed by atoms with Gasteiger partial charge in [-0.2, -0.15) is 0 Å². The van der Waals surface area contributed by atoms with E-state index in [1.165, 1.54) is 68.5 Å². The molecule has 0 amide bonds. The molecule has 1 N–H and O–H groups in total. The molecule has 0 unspecified atom stereocenters. The maximum Gasteiger partial charge on any atom is 0.122 e. The predicted molar refractivity (Wildman–Crippen MR) is 346 cm³/mol. The Kier molecular flexibility index (Phi) is 26.8. The van der Waals surface area contributed by atoms with Crippen LogP contribution in [0.5, 0.6) is 5.75 Å². The molecule has 0 heterocycles. The van der Waals surface area contributed by atoms with Gasteiger partial charge in [0.2, 0.25) is 0 Å². The molecule has 0 fully saturated rings. The van der Waals surface area contributed by atoms with Crippen LogP contribution in [0.4, 0.5) is 0 Å². The van der Waals surface area contributed by atoms with Crippen molar-refractivity contribution in [1.82, 2.24) is 0 Å². The summed E-state index contributed by atoms with van der Waals surface area (Å²) in [5.74, 6) is 5.09.